The lowest BCUT2D eigenvalue weighted by atomic mass is 10.0. The normalized spacial score (nSPS) is 18.3. The zero-order valence-electron chi connectivity index (χ0n) is 17.8. The second-order valence-corrected chi connectivity index (χ2v) is 8.09. The van der Waals surface area contributed by atoms with Crippen molar-refractivity contribution in [2.24, 2.45) is 7.05 Å². The van der Waals surface area contributed by atoms with Crippen LogP contribution in [-0.4, -0.2) is 48.2 Å². The summed E-state index contributed by atoms with van der Waals surface area (Å²) < 4.78 is 41.9. The number of alkyl halides is 3. The summed E-state index contributed by atoms with van der Waals surface area (Å²) in [6, 6.07) is 3.87. The summed E-state index contributed by atoms with van der Waals surface area (Å²) in [4.78, 5) is 49.7. The molecule has 0 spiro atoms. The monoisotopic (exact) mass is 470 g/mol. The van der Waals surface area contributed by atoms with Gasteiger partial charge in [-0.25, -0.2) is 15.0 Å². The molecule has 5 rings (SSSR count). The molecule has 2 aliphatic heterocycles. The third-order valence-electron chi connectivity index (χ3n) is 5.98. The van der Waals surface area contributed by atoms with E-state index in [9.17, 15) is 27.6 Å². The highest BCUT2D eigenvalue weighted by atomic mass is 19.4. The number of amides is 3. The van der Waals surface area contributed by atoms with Crippen molar-refractivity contribution < 1.29 is 27.6 Å². The highest BCUT2D eigenvalue weighted by molar-refractivity contribution is 6.05. The Hall–Kier alpha value is -4.09. The Morgan fingerprint density at radius 2 is 1.82 bits per heavy atom. The molecule has 1 unspecified atom stereocenters. The fourth-order valence-electron chi connectivity index (χ4n) is 4.43. The molecule has 3 aromatic rings. The van der Waals surface area contributed by atoms with Crippen molar-refractivity contribution in [2.45, 2.75) is 31.6 Å². The fourth-order valence-corrected chi connectivity index (χ4v) is 4.43. The summed E-state index contributed by atoms with van der Waals surface area (Å²) in [5.41, 5.74) is 1.89. The minimum Gasteiger partial charge on any atom is -0.323 e. The molecule has 12 heteroatoms. The molecule has 0 aliphatic carbocycles. The second kappa shape index (κ2) is 7.75. The Morgan fingerprint density at radius 3 is 2.50 bits per heavy atom. The van der Waals surface area contributed by atoms with Gasteiger partial charge in [-0.1, -0.05) is 6.07 Å². The van der Waals surface area contributed by atoms with E-state index in [-0.39, 0.29) is 42.6 Å². The molecule has 0 radical (unpaired) electrons. The third-order valence-corrected chi connectivity index (χ3v) is 5.98. The van der Waals surface area contributed by atoms with Gasteiger partial charge in [-0.15, -0.1) is 0 Å². The van der Waals surface area contributed by atoms with Crippen molar-refractivity contribution in [2.75, 3.05) is 0 Å². The smallest absolute Gasteiger partial charge is 0.323 e. The van der Waals surface area contributed by atoms with Crippen molar-refractivity contribution in [3.05, 3.63) is 53.9 Å². The number of fused-ring (bicyclic) bond motifs is 1. The molecule has 2 aliphatic rings. The fraction of sp³-hybridized carbons (Fsp3) is 0.273. The molecule has 1 N–H and O–H groups in total. The number of nitrogens with one attached hydrogen (secondary N) is 1. The lowest BCUT2D eigenvalue weighted by Gasteiger charge is -2.29. The molecule has 0 bridgehead atoms. The summed E-state index contributed by atoms with van der Waals surface area (Å²) >= 11 is 0. The van der Waals surface area contributed by atoms with Gasteiger partial charge < -0.3 is 9.47 Å². The first-order valence-corrected chi connectivity index (χ1v) is 10.3. The van der Waals surface area contributed by atoms with Crippen LogP contribution in [0.1, 0.15) is 34.6 Å². The van der Waals surface area contributed by atoms with E-state index in [1.807, 2.05) is 0 Å². The number of halogens is 3. The summed E-state index contributed by atoms with van der Waals surface area (Å²) in [5.74, 6) is -2.38. The zero-order valence-corrected chi connectivity index (χ0v) is 17.8. The predicted molar refractivity (Wildman–Crippen MR) is 111 cm³/mol. The molecule has 1 saturated heterocycles. The number of nitrogens with zero attached hydrogens (tertiary/aromatic N) is 5. The molecule has 3 amide bonds. The van der Waals surface area contributed by atoms with Gasteiger partial charge in [0.1, 0.15) is 12.4 Å². The molecule has 1 fully saturated rings. The molecule has 174 valence electrons. The van der Waals surface area contributed by atoms with Crippen molar-refractivity contribution in [3.63, 3.8) is 0 Å². The average molecular weight is 470 g/mol. The number of hydrogen-bond acceptors (Lipinski definition) is 6. The number of piperidine rings is 1. The number of imide groups is 1. The predicted octanol–water partition coefficient (Wildman–Crippen LogP) is 2.32. The van der Waals surface area contributed by atoms with E-state index in [0.29, 0.717) is 22.3 Å². The summed E-state index contributed by atoms with van der Waals surface area (Å²) in [7, 11) is 1.27. The van der Waals surface area contributed by atoms with Crippen LogP contribution in [0.5, 0.6) is 0 Å². The van der Waals surface area contributed by atoms with E-state index < -0.39 is 23.9 Å². The van der Waals surface area contributed by atoms with Crippen LogP contribution in [0, 0.1) is 0 Å². The number of carbonyl (C=O) groups excluding carboxylic acids is 3. The molecule has 1 aromatic carbocycles. The lowest BCUT2D eigenvalue weighted by Crippen LogP contribution is -2.52. The standard InChI is InChI=1S/C22H17F3N6O3/c1-30-18(13-7-26-10-27-8-13)17(29-21(30)22(23,24)25)11-2-3-14-12(6-11)9-31(20(14)34)15-4-5-16(32)28-19(15)33/h2-3,6-8,10,15H,4-5,9H2,1H3,(H,28,32,33). The maximum atomic E-state index is 13.6. The molecular weight excluding hydrogens is 453 g/mol. The van der Waals surface area contributed by atoms with E-state index in [4.69, 9.17) is 0 Å². The van der Waals surface area contributed by atoms with Crippen molar-refractivity contribution in [1.29, 1.82) is 0 Å². The molecular formula is C22H17F3N6O3. The third kappa shape index (κ3) is 3.51. The van der Waals surface area contributed by atoms with Crippen LogP contribution >= 0.6 is 0 Å². The molecule has 34 heavy (non-hydrogen) atoms. The largest absolute Gasteiger partial charge is 0.449 e. The summed E-state index contributed by atoms with van der Waals surface area (Å²) in [5, 5.41) is 2.24. The van der Waals surface area contributed by atoms with E-state index in [1.165, 1.54) is 42.8 Å². The van der Waals surface area contributed by atoms with Gasteiger partial charge in [-0.05, 0) is 24.1 Å². The van der Waals surface area contributed by atoms with Gasteiger partial charge in [0.15, 0.2) is 0 Å². The Morgan fingerprint density at radius 1 is 1.09 bits per heavy atom. The van der Waals surface area contributed by atoms with Gasteiger partial charge in [0, 0.05) is 49.1 Å². The van der Waals surface area contributed by atoms with E-state index in [1.54, 1.807) is 6.07 Å². The maximum Gasteiger partial charge on any atom is 0.449 e. The van der Waals surface area contributed by atoms with Gasteiger partial charge in [0.05, 0.1) is 11.4 Å². The van der Waals surface area contributed by atoms with Crippen LogP contribution in [0.3, 0.4) is 0 Å². The Labute approximate surface area is 190 Å². The minimum atomic E-state index is -4.69. The van der Waals surface area contributed by atoms with Gasteiger partial charge in [-0.2, -0.15) is 13.2 Å². The highest BCUT2D eigenvalue weighted by Gasteiger charge is 2.40. The van der Waals surface area contributed by atoms with E-state index in [2.05, 4.69) is 20.3 Å². The first-order chi connectivity index (χ1) is 16.1. The lowest BCUT2D eigenvalue weighted by molar-refractivity contribution is -0.146. The van der Waals surface area contributed by atoms with Crippen LogP contribution in [0.2, 0.25) is 0 Å². The van der Waals surface area contributed by atoms with Crippen LogP contribution in [-0.2, 0) is 29.4 Å². The van der Waals surface area contributed by atoms with Crippen molar-refractivity contribution >= 4 is 17.7 Å². The number of carbonyl (C=O) groups is 3. The second-order valence-electron chi connectivity index (χ2n) is 8.09. The van der Waals surface area contributed by atoms with E-state index in [0.717, 1.165) is 4.57 Å². The Balaban J connectivity index is 1.56. The number of benzene rings is 1. The number of hydrogen-bond donors (Lipinski definition) is 1. The van der Waals surface area contributed by atoms with Crippen LogP contribution in [0.15, 0.2) is 36.9 Å². The molecule has 1 atom stereocenters. The number of rotatable bonds is 3. The van der Waals surface area contributed by atoms with Crippen LogP contribution in [0.25, 0.3) is 22.5 Å². The maximum absolute atomic E-state index is 13.6. The van der Waals surface area contributed by atoms with Gasteiger partial charge in [0.2, 0.25) is 17.6 Å². The Kier molecular flexibility index (Phi) is 4.95. The number of aromatic nitrogens is 4. The van der Waals surface area contributed by atoms with Crippen molar-refractivity contribution in [1.82, 2.24) is 29.7 Å². The summed E-state index contributed by atoms with van der Waals surface area (Å²) in [6.07, 6.45) is -0.283. The zero-order chi connectivity index (χ0) is 24.2. The van der Waals surface area contributed by atoms with E-state index >= 15 is 0 Å². The SMILES string of the molecule is Cn1c(C(F)(F)F)nc(-c2ccc3c(c2)CN(C2CCC(=O)NC2=O)C3=O)c1-c1cncnc1. The molecule has 0 saturated carbocycles. The minimum absolute atomic E-state index is 0.0688. The first kappa shape index (κ1) is 21.7. The van der Waals surface area contributed by atoms with Crippen molar-refractivity contribution in [3.8, 4) is 22.5 Å². The van der Waals surface area contributed by atoms with Crippen LogP contribution < -0.4 is 5.32 Å². The highest BCUT2D eigenvalue weighted by Crippen LogP contribution is 2.39. The van der Waals surface area contributed by atoms with Gasteiger partial charge in [0.25, 0.3) is 5.91 Å². The molecule has 9 nitrogen and oxygen atoms in total. The van der Waals surface area contributed by atoms with Crippen LogP contribution in [0.4, 0.5) is 13.2 Å². The van der Waals surface area contributed by atoms with Gasteiger partial charge in [-0.3, -0.25) is 19.7 Å². The Bertz CT molecular complexity index is 1340. The van der Waals surface area contributed by atoms with Gasteiger partial charge >= 0.3 is 6.18 Å². The number of imidazole rings is 1. The average Bonchev–Trinajstić information content (AvgIpc) is 3.31. The molecule has 2 aromatic heterocycles. The topological polar surface area (TPSA) is 110 Å². The molecule has 4 heterocycles. The summed E-state index contributed by atoms with van der Waals surface area (Å²) in [6.45, 7) is 0.0943. The first-order valence-electron chi connectivity index (χ1n) is 10.3. The quantitative estimate of drug-likeness (QED) is 0.589.